The highest BCUT2D eigenvalue weighted by Gasteiger charge is 2.13. The van der Waals surface area contributed by atoms with Crippen LogP contribution in [-0.4, -0.2) is 30.6 Å². The minimum absolute atomic E-state index is 0.0261. The average Bonchev–Trinajstić information content (AvgIpc) is 2.91. The van der Waals surface area contributed by atoms with E-state index >= 15 is 0 Å². The van der Waals surface area contributed by atoms with E-state index in [-0.39, 0.29) is 11.9 Å². The molecule has 0 radical (unpaired) electrons. The minimum Gasteiger partial charge on any atom is -0.466 e. The second kappa shape index (κ2) is 8.54. The number of anilines is 1. The van der Waals surface area contributed by atoms with Crippen LogP contribution in [0.1, 0.15) is 32.9 Å². The second-order valence-electron chi connectivity index (χ2n) is 4.50. The molecule has 0 fully saturated rings. The van der Waals surface area contributed by atoms with Gasteiger partial charge in [0, 0.05) is 24.9 Å². The number of hydrogen-bond donors (Lipinski definition) is 0. The van der Waals surface area contributed by atoms with E-state index in [0.717, 1.165) is 17.4 Å². The summed E-state index contributed by atoms with van der Waals surface area (Å²) in [5.41, 5.74) is 0.904. The van der Waals surface area contributed by atoms with E-state index in [0.29, 0.717) is 26.0 Å². The Morgan fingerprint density at radius 2 is 2.35 bits per heavy atom. The number of aryl methyl sites for hydroxylation is 1. The fourth-order valence-corrected chi connectivity index (χ4v) is 2.67. The van der Waals surface area contributed by atoms with Crippen LogP contribution in [0.5, 0.6) is 0 Å². The van der Waals surface area contributed by atoms with Crippen LogP contribution in [-0.2, 0) is 16.0 Å². The van der Waals surface area contributed by atoms with Crippen molar-refractivity contribution in [3.8, 4) is 6.07 Å². The molecule has 0 spiro atoms. The van der Waals surface area contributed by atoms with Gasteiger partial charge in [-0.05, 0) is 20.8 Å². The molecule has 1 rings (SSSR count). The van der Waals surface area contributed by atoms with E-state index in [1.165, 1.54) is 0 Å². The maximum atomic E-state index is 11.3. The number of rotatable bonds is 8. The van der Waals surface area contributed by atoms with Gasteiger partial charge in [-0.15, -0.1) is 11.3 Å². The Balaban J connectivity index is 2.57. The van der Waals surface area contributed by atoms with Crippen molar-refractivity contribution in [2.24, 2.45) is 5.92 Å². The van der Waals surface area contributed by atoms with Gasteiger partial charge in [0.05, 0.1) is 30.7 Å². The van der Waals surface area contributed by atoms with Crippen molar-refractivity contribution in [3.05, 3.63) is 11.1 Å². The third-order valence-corrected chi connectivity index (χ3v) is 3.75. The van der Waals surface area contributed by atoms with Crippen molar-refractivity contribution < 1.29 is 9.53 Å². The van der Waals surface area contributed by atoms with Crippen LogP contribution in [0.2, 0.25) is 0 Å². The fraction of sp³-hybridized carbons (Fsp3) is 0.643. The summed E-state index contributed by atoms with van der Waals surface area (Å²) < 4.78 is 4.90. The third-order valence-electron chi connectivity index (χ3n) is 2.80. The average molecular weight is 295 g/mol. The van der Waals surface area contributed by atoms with Crippen molar-refractivity contribution in [3.63, 3.8) is 0 Å². The van der Waals surface area contributed by atoms with Gasteiger partial charge < -0.3 is 9.64 Å². The Morgan fingerprint density at radius 3 is 2.95 bits per heavy atom. The van der Waals surface area contributed by atoms with Crippen LogP contribution in [0.4, 0.5) is 5.13 Å². The van der Waals surface area contributed by atoms with E-state index in [4.69, 9.17) is 10.00 Å². The van der Waals surface area contributed by atoms with E-state index in [2.05, 4.69) is 16.0 Å². The first-order valence-corrected chi connectivity index (χ1v) is 7.73. The SMILES string of the molecule is CCOC(=O)CCc1csc(N(CC)CC(C)C#N)n1. The van der Waals surface area contributed by atoms with Gasteiger partial charge >= 0.3 is 5.97 Å². The molecular weight excluding hydrogens is 274 g/mol. The van der Waals surface area contributed by atoms with Gasteiger partial charge in [-0.25, -0.2) is 4.98 Å². The molecule has 1 unspecified atom stereocenters. The van der Waals surface area contributed by atoms with E-state index in [1.54, 1.807) is 18.3 Å². The number of nitrogens with zero attached hydrogens (tertiary/aromatic N) is 3. The molecule has 0 aliphatic heterocycles. The van der Waals surface area contributed by atoms with Crippen molar-refractivity contribution >= 4 is 22.4 Å². The van der Waals surface area contributed by atoms with Crippen LogP contribution in [0.15, 0.2) is 5.38 Å². The standard InChI is InChI=1S/C14H21N3O2S/c1-4-17(9-11(3)8-15)14-16-12(10-20-14)6-7-13(18)19-5-2/h10-11H,4-7,9H2,1-3H3. The topological polar surface area (TPSA) is 66.2 Å². The summed E-state index contributed by atoms with van der Waals surface area (Å²) in [7, 11) is 0. The smallest absolute Gasteiger partial charge is 0.306 e. The van der Waals surface area contributed by atoms with Crippen molar-refractivity contribution in [1.29, 1.82) is 5.26 Å². The molecule has 0 N–H and O–H groups in total. The molecule has 1 aromatic rings. The molecule has 0 saturated carbocycles. The lowest BCUT2D eigenvalue weighted by Crippen LogP contribution is -2.27. The molecule has 1 aromatic heterocycles. The fourth-order valence-electron chi connectivity index (χ4n) is 1.73. The molecular formula is C14H21N3O2S. The molecule has 0 aliphatic carbocycles. The first-order chi connectivity index (χ1) is 9.60. The van der Waals surface area contributed by atoms with Crippen molar-refractivity contribution in [2.75, 3.05) is 24.6 Å². The van der Waals surface area contributed by atoms with Gasteiger partial charge in [0.25, 0.3) is 0 Å². The Bertz CT molecular complexity index is 467. The summed E-state index contributed by atoms with van der Waals surface area (Å²) in [6.45, 7) is 7.65. The van der Waals surface area contributed by atoms with Gasteiger partial charge in [-0.1, -0.05) is 0 Å². The highest BCUT2D eigenvalue weighted by Crippen LogP contribution is 2.22. The molecule has 0 bridgehead atoms. The second-order valence-corrected chi connectivity index (χ2v) is 5.33. The first kappa shape index (κ1) is 16.4. The summed E-state index contributed by atoms with van der Waals surface area (Å²) in [5.74, 6) is -0.214. The number of aromatic nitrogens is 1. The number of carbonyl (C=O) groups is 1. The molecule has 20 heavy (non-hydrogen) atoms. The number of nitriles is 1. The Morgan fingerprint density at radius 1 is 1.60 bits per heavy atom. The first-order valence-electron chi connectivity index (χ1n) is 6.85. The summed E-state index contributed by atoms with van der Waals surface area (Å²) in [4.78, 5) is 17.9. The van der Waals surface area contributed by atoms with Crippen molar-refractivity contribution in [1.82, 2.24) is 4.98 Å². The number of ether oxygens (including phenoxy) is 1. The van der Waals surface area contributed by atoms with Crippen LogP contribution in [0.3, 0.4) is 0 Å². The molecule has 5 nitrogen and oxygen atoms in total. The van der Waals surface area contributed by atoms with Crippen LogP contribution in [0, 0.1) is 17.2 Å². The molecule has 1 heterocycles. The Kier molecular flexibility index (Phi) is 7.02. The van der Waals surface area contributed by atoms with Gasteiger partial charge in [-0.2, -0.15) is 5.26 Å². The third kappa shape index (κ3) is 5.17. The highest BCUT2D eigenvalue weighted by atomic mass is 32.1. The number of thiazole rings is 1. The highest BCUT2D eigenvalue weighted by molar-refractivity contribution is 7.13. The predicted molar refractivity (Wildman–Crippen MR) is 79.7 cm³/mol. The lowest BCUT2D eigenvalue weighted by atomic mass is 10.2. The van der Waals surface area contributed by atoms with Gasteiger partial charge in [0.1, 0.15) is 0 Å². The lowest BCUT2D eigenvalue weighted by molar-refractivity contribution is -0.143. The molecule has 0 amide bonds. The van der Waals surface area contributed by atoms with Crippen LogP contribution < -0.4 is 4.90 Å². The lowest BCUT2D eigenvalue weighted by Gasteiger charge is -2.20. The number of hydrogen-bond acceptors (Lipinski definition) is 6. The number of esters is 1. The zero-order chi connectivity index (χ0) is 15.0. The van der Waals surface area contributed by atoms with E-state index in [1.807, 2.05) is 19.2 Å². The zero-order valence-electron chi connectivity index (χ0n) is 12.3. The summed E-state index contributed by atoms with van der Waals surface area (Å²) in [6.07, 6.45) is 0.957. The van der Waals surface area contributed by atoms with E-state index < -0.39 is 0 Å². The van der Waals surface area contributed by atoms with Crippen LogP contribution >= 0.6 is 11.3 Å². The Labute approximate surface area is 124 Å². The monoisotopic (exact) mass is 295 g/mol. The normalized spacial score (nSPS) is 11.7. The molecule has 0 saturated heterocycles. The quantitative estimate of drug-likeness (QED) is 0.690. The van der Waals surface area contributed by atoms with Crippen LogP contribution in [0.25, 0.3) is 0 Å². The maximum absolute atomic E-state index is 11.3. The van der Waals surface area contributed by atoms with E-state index in [9.17, 15) is 4.79 Å². The maximum Gasteiger partial charge on any atom is 0.306 e. The predicted octanol–water partition coefficient (Wildman–Crippen LogP) is 2.62. The van der Waals surface area contributed by atoms with Gasteiger partial charge in [-0.3, -0.25) is 4.79 Å². The van der Waals surface area contributed by atoms with Gasteiger partial charge in [0.15, 0.2) is 5.13 Å². The summed E-state index contributed by atoms with van der Waals surface area (Å²) in [5, 5.41) is 11.8. The summed E-state index contributed by atoms with van der Waals surface area (Å²) in [6, 6.07) is 2.23. The number of carbonyl (C=O) groups excluding carboxylic acids is 1. The van der Waals surface area contributed by atoms with Gasteiger partial charge in [0.2, 0.25) is 0 Å². The summed E-state index contributed by atoms with van der Waals surface area (Å²) >= 11 is 1.55. The minimum atomic E-state index is -0.187. The molecule has 6 heteroatoms. The molecule has 1 atom stereocenters. The molecule has 0 aromatic carbocycles. The molecule has 110 valence electrons. The largest absolute Gasteiger partial charge is 0.466 e. The molecule has 0 aliphatic rings. The zero-order valence-corrected chi connectivity index (χ0v) is 13.1. The van der Waals surface area contributed by atoms with Crippen molar-refractivity contribution in [2.45, 2.75) is 33.6 Å². The Hall–Kier alpha value is -1.61.